The number of carbonyl (C=O) groups is 1. The molecule has 0 atom stereocenters. The Morgan fingerprint density at radius 3 is 2.64 bits per heavy atom. The van der Waals surface area contributed by atoms with Crippen molar-refractivity contribution in [1.82, 2.24) is 9.55 Å². The third-order valence-electron chi connectivity index (χ3n) is 3.55. The lowest BCUT2D eigenvalue weighted by atomic mass is 10.1. The number of methoxy groups -OCH3 is 1. The number of aromatic nitrogens is 2. The summed E-state index contributed by atoms with van der Waals surface area (Å²) in [6, 6.07) is 11.9. The molecule has 3 aromatic rings. The molecule has 0 aliphatic heterocycles. The summed E-state index contributed by atoms with van der Waals surface area (Å²) < 4.78 is 7.02. The molecule has 1 amide bonds. The molecule has 2 N–H and O–H groups in total. The maximum Gasteiger partial charge on any atom is 0.259 e. The predicted molar refractivity (Wildman–Crippen MR) is 96.4 cm³/mol. The molecule has 0 fully saturated rings. The number of ether oxygens (including phenoxy) is 1. The van der Waals surface area contributed by atoms with Gasteiger partial charge in [0.25, 0.3) is 5.91 Å². The third-order valence-corrected chi connectivity index (χ3v) is 4.63. The van der Waals surface area contributed by atoms with Gasteiger partial charge >= 0.3 is 0 Å². The van der Waals surface area contributed by atoms with E-state index in [1.165, 1.54) is 31.0 Å². The van der Waals surface area contributed by atoms with Crippen LogP contribution in [0.5, 0.6) is 11.5 Å². The van der Waals surface area contributed by atoms with E-state index < -0.39 is 5.91 Å². The molecule has 0 aliphatic rings. The molecule has 6 nitrogen and oxygen atoms in total. The van der Waals surface area contributed by atoms with Crippen LogP contribution in [-0.4, -0.2) is 27.7 Å². The number of rotatable bonds is 5. The number of nitrogens with one attached hydrogen (secondary N) is 1. The second kappa shape index (κ2) is 7.31. The number of phenolic OH excluding ortho intramolecular Hbond substituents is 1. The Bertz CT molecular complexity index is 891. The number of amides is 1. The molecule has 0 bridgehead atoms. The summed E-state index contributed by atoms with van der Waals surface area (Å²) in [7, 11) is 3.44. The summed E-state index contributed by atoms with van der Waals surface area (Å²) in [6.45, 7) is 0. The lowest BCUT2D eigenvalue weighted by molar-refractivity contribution is 0.102. The van der Waals surface area contributed by atoms with Gasteiger partial charge in [-0.1, -0.05) is 11.8 Å². The van der Waals surface area contributed by atoms with E-state index in [2.05, 4.69) is 10.3 Å². The first-order valence-corrected chi connectivity index (χ1v) is 8.32. The monoisotopic (exact) mass is 355 g/mol. The number of phenols is 1. The van der Waals surface area contributed by atoms with E-state index in [9.17, 15) is 9.90 Å². The van der Waals surface area contributed by atoms with E-state index in [0.29, 0.717) is 11.4 Å². The van der Waals surface area contributed by atoms with Crippen molar-refractivity contribution in [2.45, 2.75) is 10.1 Å². The van der Waals surface area contributed by atoms with Crippen molar-refractivity contribution in [3.05, 3.63) is 60.4 Å². The van der Waals surface area contributed by atoms with Gasteiger partial charge in [-0.25, -0.2) is 4.98 Å². The van der Waals surface area contributed by atoms with Gasteiger partial charge in [-0.05, 0) is 42.5 Å². The van der Waals surface area contributed by atoms with Crippen LogP contribution in [0.2, 0.25) is 0 Å². The molecule has 0 saturated heterocycles. The van der Waals surface area contributed by atoms with Gasteiger partial charge in [-0.2, -0.15) is 0 Å². The minimum absolute atomic E-state index is 0.0970. The highest BCUT2D eigenvalue weighted by atomic mass is 32.2. The van der Waals surface area contributed by atoms with Crippen molar-refractivity contribution in [2.75, 3.05) is 12.4 Å². The molecular formula is C18H17N3O3S. The van der Waals surface area contributed by atoms with E-state index in [4.69, 9.17) is 4.74 Å². The fourth-order valence-corrected chi connectivity index (χ4v) is 2.99. The number of aryl methyl sites for hydroxylation is 1. The van der Waals surface area contributed by atoms with E-state index in [-0.39, 0.29) is 11.3 Å². The van der Waals surface area contributed by atoms with Crippen molar-refractivity contribution < 1.29 is 14.6 Å². The second-order valence-corrected chi connectivity index (χ2v) is 6.33. The summed E-state index contributed by atoms with van der Waals surface area (Å²) in [5.74, 6) is 0.00549. The lowest BCUT2D eigenvalue weighted by Gasteiger charge is -2.09. The summed E-state index contributed by atoms with van der Waals surface area (Å²) in [5.41, 5.74) is 0.794. The zero-order chi connectivity index (χ0) is 17.8. The van der Waals surface area contributed by atoms with Crippen LogP contribution in [0.4, 0.5) is 5.69 Å². The van der Waals surface area contributed by atoms with Gasteiger partial charge in [-0.15, -0.1) is 0 Å². The van der Waals surface area contributed by atoms with Crippen LogP contribution in [-0.2, 0) is 7.05 Å². The number of anilines is 1. The van der Waals surface area contributed by atoms with Gasteiger partial charge in [0, 0.05) is 30.0 Å². The van der Waals surface area contributed by atoms with Gasteiger partial charge in [0.1, 0.15) is 11.5 Å². The molecule has 0 spiro atoms. The molecule has 0 saturated carbocycles. The number of hydrogen-bond acceptors (Lipinski definition) is 5. The molecule has 0 aliphatic carbocycles. The maximum absolute atomic E-state index is 12.3. The zero-order valence-corrected chi connectivity index (χ0v) is 14.6. The normalized spacial score (nSPS) is 10.5. The molecule has 0 radical (unpaired) electrons. The minimum Gasteiger partial charge on any atom is -0.507 e. The smallest absolute Gasteiger partial charge is 0.259 e. The van der Waals surface area contributed by atoms with Crippen LogP contribution < -0.4 is 10.1 Å². The van der Waals surface area contributed by atoms with E-state index >= 15 is 0 Å². The highest BCUT2D eigenvalue weighted by Crippen LogP contribution is 2.28. The Morgan fingerprint density at radius 2 is 2.00 bits per heavy atom. The summed E-state index contributed by atoms with van der Waals surface area (Å²) in [4.78, 5) is 17.6. The number of aromatic hydroxyl groups is 1. The Morgan fingerprint density at radius 1 is 1.24 bits per heavy atom. The van der Waals surface area contributed by atoms with Crippen LogP contribution in [0.25, 0.3) is 0 Å². The highest BCUT2D eigenvalue weighted by Gasteiger charge is 2.13. The Labute approximate surface area is 149 Å². The van der Waals surface area contributed by atoms with Crippen molar-refractivity contribution in [3.8, 4) is 11.5 Å². The first-order chi connectivity index (χ1) is 12.1. The van der Waals surface area contributed by atoms with Gasteiger partial charge in [-0.3, -0.25) is 4.79 Å². The van der Waals surface area contributed by atoms with Crippen molar-refractivity contribution in [3.63, 3.8) is 0 Å². The van der Waals surface area contributed by atoms with Gasteiger partial charge in [0.15, 0.2) is 5.16 Å². The van der Waals surface area contributed by atoms with Crippen molar-refractivity contribution in [2.24, 2.45) is 7.05 Å². The Balaban J connectivity index is 1.71. The average Bonchev–Trinajstić information content (AvgIpc) is 3.02. The minimum atomic E-state index is -0.402. The van der Waals surface area contributed by atoms with Gasteiger partial charge in [0.2, 0.25) is 0 Å². The van der Waals surface area contributed by atoms with Crippen LogP contribution in [0, 0.1) is 0 Å². The maximum atomic E-state index is 12.3. The standard InChI is InChI=1S/C18H17N3O3S/c1-21-10-9-19-18(21)25-14-6-3-12(4-7-14)20-17(23)15-11-13(24-2)5-8-16(15)22/h3-11,22H,1-2H3,(H,20,23). The lowest BCUT2D eigenvalue weighted by Crippen LogP contribution is -2.12. The topological polar surface area (TPSA) is 76.4 Å². The largest absolute Gasteiger partial charge is 0.507 e. The van der Waals surface area contributed by atoms with Crippen molar-refractivity contribution >= 4 is 23.4 Å². The summed E-state index contributed by atoms with van der Waals surface area (Å²) in [5, 5.41) is 13.5. The van der Waals surface area contributed by atoms with Gasteiger partial charge in [0.05, 0.1) is 12.7 Å². The average molecular weight is 355 g/mol. The number of imidazole rings is 1. The van der Waals surface area contributed by atoms with Crippen LogP contribution >= 0.6 is 11.8 Å². The van der Waals surface area contributed by atoms with E-state index in [1.807, 2.05) is 29.9 Å². The third kappa shape index (κ3) is 3.95. The quantitative estimate of drug-likeness (QED) is 0.732. The Hall–Kier alpha value is -2.93. The first kappa shape index (κ1) is 16.9. The number of carbonyl (C=O) groups excluding carboxylic acids is 1. The van der Waals surface area contributed by atoms with Crippen LogP contribution in [0.15, 0.2) is 64.9 Å². The first-order valence-electron chi connectivity index (χ1n) is 7.50. The number of nitrogens with zero attached hydrogens (tertiary/aromatic N) is 2. The molecule has 0 unspecified atom stereocenters. The number of benzene rings is 2. The molecule has 1 aromatic heterocycles. The van der Waals surface area contributed by atoms with Crippen molar-refractivity contribution in [1.29, 1.82) is 0 Å². The molecule has 25 heavy (non-hydrogen) atoms. The second-order valence-electron chi connectivity index (χ2n) is 5.28. The fourth-order valence-electron chi connectivity index (χ4n) is 2.18. The summed E-state index contributed by atoms with van der Waals surface area (Å²) in [6.07, 6.45) is 3.63. The molecule has 7 heteroatoms. The SMILES string of the molecule is COc1ccc(O)c(C(=O)Nc2ccc(Sc3nccn3C)cc2)c1. The molecule has 2 aromatic carbocycles. The predicted octanol–water partition coefficient (Wildman–Crippen LogP) is 3.54. The summed E-state index contributed by atoms with van der Waals surface area (Å²) >= 11 is 1.53. The molecule has 128 valence electrons. The zero-order valence-electron chi connectivity index (χ0n) is 13.8. The number of hydrogen-bond donors (Lipinski definition) is 2. The van der Waals surface area contributed by atoms with E-state index in [0.717, 1.165) is 10.1 Å². The van der Waals surface area contributed by atoms with E-state index in [1.54, 1.807) is 24.4 Å². The highest BCUT2D eigenvalue weighted by molar-refractivity contribution is 7.99. The molecular weight excluding hydrogens is 338 g/mol. The fraction of sp³-hybridized carbons (Fsp3) is 0.111. The van der Waals surface area contributed by atoms with Crippen LogP contribution in [0.1, 0.15) is 10.4 Å². The molecule has 3 rings (SSSR count). The van der Waals surface area contributed by atoms with Crippen LogP contribution in [0.3, 0.4) is 0 Å². The Kier molecular flexibility index (Phi) is 4.95. The molecule has 1 heterocycles. The van der Waals surface area contributed by atoms with Gasteiger partial charge < -0.3 is 19.7 Å².